The summed E-state index contributed by atoms with van der Waals surface area (Å²) in [6.45, 7) is 4.05. The number of nitrogens with two attached hydrogens (primary N) is 1. The van der Waals surface area contributed by atoms with Gasteiger partial charge in [0.25, 0.3) is 0 Å². The van der Waals surface area contributed by atoms with E-state index in [2.05, 4.69) is 47.1 Å². The Kier molecular flexibility index (Phi) is 2.99. The molecule has 19 heavy (non-hydrogen) atoms. The van der Waals surface area contributed by atoms with Gasteiger partial charge in [0.15, 0.2) is 0 Å². The average molecular weight is 254 g/mol. The molecule has 0 atom stereocenters. The molecular weight excluding hydrogens is 236 g/mol. The Hall–Kier alpha value is -2.23. The molecule has 0 saturated carbocycles. The van der Waals surface area contributed by atoms with Crippen LogP contribution in [-0.4, -0.2) is 14.3 Å². The van der Waals surface area contributed by atoms with E-state index in [0.29, 0.717) is 5.82 Å². The highest BCUT2D eigenvalue weighted by molar-refractivity contribution is 5.83. The van der Waals surface area contributed by atoms with E-state index < -0.39 is 0 Å². The Labute approximate surface area is 112 Å². The summed E-state index contributed by atoms with van der Waals surface area (Å²) in [4.78, 5) is 0. The number of benzene rings is 1. The first-order valence-corrected chi connectivity index (χ1v) is 6.57. The Morgan fingerprint density at radius 2 is 2.00 bits per heavy atom. The molecular formula is C15H18N4. The lowest BCUT2D eigenvalue weighted by molar-refractivity contribution is 0.534. The monoisotopic (exact) mass is 254 g/mol. The highest BCUT2D eigenvalue weighted by atomic mass is 15.3. The predicted octanol–water partition coefficient (Wildman–Crippen LogP) is 2.82. The molecule has 3 rings (SSSR count). The minimum Gasteiger partial charge on any atom is -0.382 e. The van der Waals surface area contributed by atoms with E-state index in [0.717, 1.165) is 19.5 Å². The van der Waals surface area contributed by atoms with Crippen LogP contribution in [0.15, 0.2) is 42.7 Å². The lowest BCUT2D eigenvalue weighted by Gasteiger charge is -2.05. The molecule has 0 aliphatic rings. The van der Waals surface area contributed by atoms with Crippen LogP contribution in [0.4, 0.5) is 5.82 Å². The summed E-state index contributed by atoms with van der Waals surface area (Å²) in [6, 6.07) is 10.4. The maximum atomic E-state index is 5.60. The number of hydrogen-bond acceptors (Lipinski definition) is 2. The van der Waals surface area contributed by atoms with Crippen molar-refractivity contribution in [2.24, 2.45) is 0 Å². The first-order valence-electron chi connectivity index (χ1n) is 6.57. The Bertz CT molecular complexity index is 693. The van der Waals surface area contributed by atoms with Crippen LogP contribution in [0.2, 0.25) is 0 Å². The Morgan fingerprint density at radius 3 is 2.79 bits per heavy atom. The van der Waals surface area contributed by atoms with Crippen molar-refractivity contribution >= 4 is 16.7 Å². The first kappa shape index (κ1) is 11.8. The average Bonchev–Trinajstić information content (AvgIpc) is 2.96. The molecule has 98 valence electrons. The van der Waals surface area contributed by atoms with Gasteiger partial charge >= 0.3 is 0 Å². The van der Waals surface area contributed by atoms with E-state index in [1.165, 1.54) is 16.5 Å². The number of aromatic nitrogens is 3. The van der Waals surface area contributed by atoms with E-state index in [-0.39, 0.29) is 0 Å². The third kappa shape index (κ3) is 2.34. The van der Waals surface area contributed by atoms with Crippen LogP contribution >= 0.6 is 0 Å². The topological polar surface area (TPSA) is 48.8 Å². The van der Waals surface area contributed by atoms with Crippen molar-refractivity contribution in [3.05, 3.63) is 48.3 Å². The van der Waals surface area contributed by atoms with Crippen molar-refractivity contribution in [1.82, 2.24) is 14.3 Å². The molecule has 2 heterocycles. The summed E-state index contributed by atoms with van der Waals surface area (Å²) in [6.07, 6.45) is 5.19. The number of anilines is 1. The van der Waals surface area contributed by atoms with Crippen LogP contribution in [0.1, 0.15) is 12.0 Å². The van der Waals surface area contributed by atoms with Crippen LogP contribution in [0.5, 0.6) is 0 Å². The van der Waals surface area contributed by atoms with Crippen molar-refractivity contribution in [2.75, 3.05) is 5.73 Å². The lowest BCUT2D eigenvalue weighted by atomic mass is 10.2. The van der Waals surface area contributed by atoms with Crippen LogP contribution in [0.3, 0.4) is 0 Å². The van der Waals surface area contributed by atoms with Gasteiger partial charge in [0.05, 0.1) is 0 Å². The van der Waals surface area contributed by atoms with Gasteiger partial charge in [-0.3, -0.25) is 4.68 Å². The number of hydrogen-bond donors (Lipinski definition) is 1. The first-order chi connectivity index (χ1) is 9.24. The highest BCUT2D eigenvalue weighted by Gasteiger charge is 2.04. The zero-order valence-corrected chi connectivity index (χ0v) is 11.1. The summed E-state index contributed by atoms with van der Waals surface area (Å²) in [5.74, 6) is 0.585. The fraction of sp³-hybridized carbons (Fsp3) is 0.267. The predicted molar refractivity (Wildman–Crippen MR) is 77.9 cm³/mol. The maximum absolute atomic E-state index is 5.60. The molecule has 0 aliphatic carbocycles. The van der Waals surface area contributed by atoms with Gasteiger partial charge in [-0.25, -0.2) is 0 Å². The second-order valence-electron chi connectivity index (χ2n) is 4.88. The Balaban J connectivity index is 1.72. The van der Waals surface area contributed by atoms with Crippen molar-refractivity contribution in [1.29, 1.82) is 0 Å². The maximum Gasteiger partial charge on any atom is 0.145 e. The molecule has 4 heteroatoms. The molecule has 0 amide bonds. The smallest absolute Gasteiger partial charge is 0.145 e. The van der Waals surface area contributed by atoms with Gasteiger partial charge in [-0.2, -0.15) is 5.10 Å². The molecule has 0 fully saturated rings. The summed E-state index contributed by atoms with van der Waals surface area (Å²) in [7, 11) is 0. The van der Waals surface area contributed by atoms with Gasteiger partial charge < -0.3 is 10.3 Å². The summed E-state index contributed by atoms with van der Waals surface area (Å²) in [5, 5.41) is 5.53. The molecule has 0 spiro atoms. The van der Waals surface area contributed by atoms with Crippen LogP contribution < -0.4 is 5.73 Å². The van der Waals surface area contributed by atoms with Crippen LogP contribution in [0, 0.1) is 6.92 Å². The van der Waals surface area contributed by atoms with E-state index in [1.807, 2.05) is 16.9 Å². The normalized spacial score (nSPS) is 11.2. The van der Waals surface area contributed by atoms with Gasteiger partial charge in [-0.1, -0.05) is 18.2 Å². The zero-order chi connectivity index (χ0) is 13.2. The quantitative estimate of drug-likeness (QED) is 0.778. The number of rotatable bonds is 4. The number of nitrogens with zero attached hydrogens (tertiary/aromatic N) is 3. The standard InChI is InChI=1S/C15H18N4/c1-12-11-18(14-6-3-2-5-13(12)14)8-4-9-19-10-7-15(16)17-19/h2-3,5-7,10-11H,4,8-9H2,1H3,(H2,16,17). The molecule has 0 bridgehead atoms. The number of para-hydroxylation sites is 1. The summed E-state index contributed by atoms with van der Waals surface area (Å²) in [5.41, 5.74) is 8.24. The highest BCUT2D eigenvalue weighted by Crippen LogP contribution is 2.20. The Morgan fingerprint density at radius 1 is 1.16 bits per heavy atom. The second-order valence-corrected chi connectivity index (χ2v) is 4.88. The number of nitrogen functional groups attached to an aromatic ring is 1. The molecule has 2 N–H and O–H groups in total. The number of aryl methyl sites for hydroxylation is 3. The van der Waals surface area contributed by atoms with Crippen molar-refractivity contribution in [3.63, 3.8) is 0 Å². The minimum atomic E-state index is 0.585. The molecule has 0 radical (unpaired) electrons. The van der Waals surface area contributed by atoms with Crippen molar-refractivity contribution < 1.29 is 0 Å². The molecule has 0 unspecified atom stereocenters. The van der Waals surface area contributed by atoms with E-state index in [9.17, 15) is 0 Å². The van der Waals surface area contributed by atoms with Crippen LogP contribution in [0.25, 0.3) is 10.9 Å². The molecule has 4 nitrogen and oxygen atoms in total. The van der Waals surface area contributed by atoms with Crippen LogP contribution in [-0.2, 0) is 13.1 Å². The minimum absolute atomic E-state index is 0.585. The lowest BCUT2D eigenvalue weighted by Crippen LogP contribution is -2.04. The van der Waals surface area contributed by atoms with Gasteiger partial charge in [-0.05, 0) is 31.0 Å². The molecule has 1 aromatic carbocycles. The van der Waals surface area contributed by atoms with Gasteiger partial charge in [0.2, 0.25) is 0 Å². The van der Waals surface area contributed by atoms with E-state index in [4.69, 9.17) is 5.73 Å². The largest absolute Gasteiger partial charge is 0.382 e. The molecule has 0 saturated heterocycles. The third-order valence-electron chi connectivity index (χ3n) is 3.44. The van der Waals surface area contributed by atoms with E-state index >= 15 is 0 Å². The number of fused-ring (bicyclic) bond motifs is 1. The fourth-order valence-corrected chi connectivity index (χ4v) is 2.52. The fourth-order valence-electron chi connectivity index (χ4n) is 2.52. The van der Waals surface area contributed by atoms with Crippen molar-refractivity contribution in [2.45, 2.75) is 26.4 Å². The SMILES string of the molecule is Cc1cn(CCCn2ccc(N)n2)c2ccccc12. The van der Waals surface area contributed by atoms with Gasteiger partial charge in [-0.15, -0.1) is 0 Å². The summed E-state index contributed by atoms with van der Waals surface area (Å²) < 4.78 is 4.21. The van der Waals surface area contributed by atoms with E-state index in [1.54, 1.807) is 0 Å². The van der Waals surface area contributed by atoms with Crippen molar-refractivity contribution in [3.8, 4) is 0 Å². The molecule has 3 aromatic rings. The molecule has 0 aliphatic heterocycles. The van der Waals surface area contributed by atoms with Gasteiger partial charge in [0.1, 0.15) is 5.82 Å². The third-order valence-corrected chi connectivity index (χ3v) is 3.44. The van der Waals surface area contributed by atoms with Gasteiger partial charge in [0, 0.05) is 36.4 Å². The molecule has 2 aromatic heterocycles. The summed E-state index contributed by atoms with van der Waals surface area (Å²) >= 11 is 0. The zero-order valence-electron chi connectivity index (χ0n) is 11.1. The second kappa shape index (κ2) is 4.80.